The smallest absolute Gasteiger partial charge is 0.274 e. The zero-order valence-electron chi connectivity index (χ0n) is 14.7. The largest absolute Gasteiger partial charge is 0.380 e. The van der Waals surface area contributed by atoms with Gasteiger partial charge in [0.05, 0.1) is 11.9 Å². The number of carbonyl (C=O) groups is 1. The average molecular weight is 366 g/mol. The van der Waals surface area contributed by atoms with Crippen molar-refractivity contribution in [1.82, 2.24) is 4.98 Å². The zero-order valence-corrected chi connectivity index (χ0v) is 15.5. The number of aryl methyl sites for hydroxylation is 2. The molecule has 0 atom stereocenters. The predicted molar refractivity (Wildman–Crippen MR) is 107 cm³/mol. The highest BCUT2D eigenvalue weighted by molar-refractivity contribution is 6.31. The van der Waals surface area contributed by atoms with Gasteiger partial charge in [0, 0.05) is 17.3 Å². The number of pyridine rings is 1. The van der Waals surface area contributed by atoms with Crippen molar-refractivity contribution >= 4 is 28.9 Å². The van der Waals surface area contributed by atoms with E-state index in [0.29, 0.717) is 12.2 Å². The number of rotatable bonds is 5. The number of benzene rings is 2. The molecular formula is C21H20ClN3O. The number of aromatic nitrogens is 1. The molecule has 5 heteroatoms. The van der Waals surface area contributed by atoms with Crippen molar-refractivity contribution in [1.29, 1.82) is 0 Å². The van der Waals surface area contributed by atoms with E-state index in [9.17, 15) is 4.79 Å². The quantitative estimate of drug-likeness (QED) is 0.652. The molecule has 0 aliphatic heterocycles. The van der Waals surface area contributed by atoms with Gasteiger partial charge in [-0.25, -0.2) is 4.98 Å². The van der Waals surface area contributed by atoms with Crippen LogP contribution in [0.15, 0.2) is 60.8 Å². The Morgan fingerprint density at radius 2 is 1.88 bits per heavy atom. The van der Waals surface area contributed by atoms with Crippen molar-refractivity contribution in [3.05, 3.63) is 88.2 Å². The number of hydrogen-bond acceptors (Lipinski definition) is 3. The van der Waals surface area contributed by atoms with Crippen molar-refractivity contribution < 1.29 is 4.79 Å². The van der Waals surface area contributed by atoms with Gasteiger partial charge in [0.25, 0.3) is 5.91 Å². The van der Waals surface area contributed by atoms with E-state index in [0.717, 1.165) is 33.1 Å². The summed E-state index contributed by atoms with van der Waals surface area (Å²) in [5.74, 6) is -0.226. The lowest BCUT2D eigenvalue weighted by molar-refractivity contribution is 0.102. The fraction of sp³-hybridized carbons (Fsp3) is 0.143. The van der Waals surface area contributed by atoms with Gasteiger partial charge in [-0.15, -0.1) is 0 Å². The Morgan fingerprint density at radius 3 is 2.62 bits per heavy atom. The third kappa shape index (κ3) is 4.41. The number of amides is 1. The number of halogens is 1. The van der Waals surface area contributed by atoms with E-state index in [-0.39, 0.29) is 5.91 Å². The summed E-state index contributed by atoms with van der Waals surface area (Å²) in [6, 6.07) is 17.2. The monoisotopic (exact) mass is 365 g/mol. The van der Waals surface area contributed by atoms with Gasteiger partial charge in [-0.3, -0.25) is 4.79 Å². The molecule has 26 heavy (non-hydrogen) atoms. The number of carbonyl (C=O) groups excluding carboxylic acids is 1. The molecular weight excluding hydrogens is 346 g/mol. The molecule has 0 fully saturated rings. The summed E-state index contributed by atoms with van der Waals surface area (Å²) in [5.41, 5.74) is 5.12. The lowest BCUT2D eigenvalue weighted by atomic mass is 10.1. The molecule has 0 unspecified atom stereocenters. The standard InChI is InChI=1S/C21H20ClN3O/c1-14-7-8-15(2)20(11-14)25-21(26)19-10-9-17(13-24-19)23-12-16-5-3-4-6-18(16)22/h3-11,13,23H,12H2,1-2H3,(H,25,26). The van der Waals surface area contributed by atoms with Gasteiger partial charge in [-0.05, 0) is 54.8 Å². The SMILES string of the molecule is Cc1ccc(C)c(NC(=O)c2ccc(NCc3ccccc3Cl)cn2)c1. The number of nitrogens with one attached hydrogen (secondary N) is 2. The average Bonchev–Trinajstić information content (AvgIpc) is 2.64. The van der Waals surface area contributed by atoms with Crippen LogP contribution in [0.25, 0.3) is 0 Å². The number of hydrogen-bond donors (Lipinski definition) is 2. The first kappa shape index (κ1) is 18.0. The van der Waals surface area contributed by atoms with Gasteiger partial charge in [0.1, 0.15) is 5.69 Å². The maximum atomic E-state index is 12.4. The van der Waals surface area contributed by atoms with Crippen LogP contribution >= 0.6 is 11.6 Å². The van der Waals surface area contributed by atoms with E-state index in [2.05, 4.69) is 15.6 Å². The Labute approximate surface area is 158 Å². The first-order valence-corrected chi connectivity index (χ1v) is 8.72. The van der Waals surface area contributed by atoms with Crippen molar-refractivity contribution in [3.63, 3.8) is 0 Å². The molecule has 2 N–H and O–H groups in total. The van der Waals surface area contributed by atoms with Crippen LogP contribution in [0, 0.1) is 13.8 Å². The second-order valence-corrected chi connectivity index (χ2v) is 6.56. The molecule has 3 aromatic rings. The topological polar surface area (TPSA) is 54.0 Å². The third-order valence-corrected chi connectivity index (χ3v) is 4.45. The summed E-state index contributed by atoms with van der Waals surface area (Å²) in [6.07, 6.45) is 1.65. The maximum Gasteiger partial charge on any atom is 0.274 e. The van der Waals surface area contributed by atoms with Crippen LogP contribution in [0.3, 0.4) is 0 Å². The molecule has 2 aromatic carbocycles. The molecule has 0 aliphatic carbocycles. The zero-order chi connectivity index (χ0) is 18.5. The fourth-order valence-corrected chi connectivity index (χ4v) is 2.73. The molecule has 0 bridgehead atoms. The molecule has 0 radical (unpaired) electrons. The van der Waals surface area contributed by atoms with Crippen LogP contribution in [-0.2, 0) is 6.54 Å². The van der Waals surface area contributed by atoms with Crippen LogP contribution in [0.2, 0.25) is 5.02 Å². The lowest BCUT2D eigenvalue weighted by Gasteiger charge is -2.10. The molecule has 4 nitrogen and oxygen atoms in total. The molecule has 1 heterocycles. The minimum absolute atomic E-state index is 0.226. The Balaban J connectivity index is 1.64. The van der Waals surface area contributed by atoms with Crippen molar-refractivity contribution in [2.45, 2.75) is 20.4 Å². The lowest BCUT2D eigenvalue weighted by Crippen LogP contribution is -2.14. The van der Waals surface area contributed by atoms with E-state index in [1.165, 1.54) is 0 Å². The molecule has 1 amide bonds. The Morgan fingerprint density at radius 1 is 1.08 bits per heavy atom. The highest BCUT2D eigenvalue weighted by atomic mass is 35.5. The van der Waals surface area contributed by atoms with E-state index in [4.69, 9.17) is 11.6 Å². The fourth-order valence-electron chi connectivity index (χ4n) is 2.53. The van der Waals surface area contributed by atoms with Gasteiger partial charge in [0.2, 0.25) is 0 Å². The first-order chi connectivity index (χ1) is 12.5. The van der Waals surface area contributed by atoms with Gasteiger partial charge < -0.3 is 10.6 Å². The molecule has 0 aliphatic rings. The minimum Gasteiger partial charge on any atom is -0.380 e. The van der Waals surface area contributed by atoms with Crippen LogP contribution in [-0.4, -0.2) is 10.9 Å². The molecule has 3 rings (SSSR count). The van der Waals surface area contributed by atoms with Gasteiger partial charge in [-0.1, -0.05) is 41.9 Å². The highest BCUT2D eigenvalue weighted by Gasteiger charge is 2.09. The normalized spacial score (nSPS) is 10.4. The van der Waals surface area contributed by atoms with E-state index in [1.807, 2.05) is 62.4 Å². The Kier molecular flexibility index (Phi) is 5.54. The van der Waals surface area contributed by atoms with Crippen molar-refractivity contribution in [2.24, 2.45) is 0 Å². The summed E-state index contributed by atoms with van der Waals surface area (Å²) in [4.78, 5) is 16.7. The molecule has 0 spiro atoms. The second kappa shape index (κ2) is 8.02. The Bertz CT molecular complexity index is 923. The summed E-state index contributed by atoms with van der Waals surface area (Å²) in [6.45, 7) is 4.55. The van der Waals surface area contributed by atoms with Crippen LogP contribution in [0.1, 0.15) is 27.2 Å². The van der Waals surface area contributed by atoms with Crippen LogP contribution in [0.5, 0.6) is 0 Å². The molecule has 0 saturated heterocycles. The van der Waals surface area contributed by atoms with Gasteiger partial charge >= 0.3 is 0 Å². The van der Waals surface area contributed by atoms with E-state index in [1.54, 1.807) is 12.3 Å². The van der Waals surface area contributed by atoms with E-state index >= 15 is 0 Å². The Hall–Kier alpha value is -2.85. The summed E-state index contributed by atoms with van der Waals surface area (Å²) >= 11 is 6.15. The van der Waals surface area contributed by atoms with Crippen LogP contribution < -0.4 is 10.6 Å². The first-order valence-electron chi connectivity index (χ1n) is 8.35. The van der Waals surface area contributed by atoms with Gasteiger partial charge in [0.15, 0.2) is 0 Å². The number of anilines is 2. The van der Waals surface area contributed by atoms with Gasteiger partial charge in [-0.2, -0.15) is 0 Å². The highest BCUT2D eigenvalue weighted by Crippen LogP contribution is 2.19. The molecule has 132 valence electrons. The number of nitrogens with zero attached hydrogens (tertiary/aromatic N) is 1. The van der Waals surface area contributed by atoms with E-state index < -0.39 is 0 Å². The molecule has 0 saturated carbocycles. The van der Waals surface area contributed by atoms with Crippen molar-refractivity contribution in [3.8, 4) is 0 Å². The molecule has 1 aromatic heterocycles. The second-order valence-electron chi connectivity index (χ2n) is 6.15. The van der Waals surface area contributed by atoms with Crippen molar-refractivity contribution in [2.75, 3.05) is 10.6 Å². The van der Waals surface area contributed by atoms with Crippen LogP contribution in [0.4, 0.5) is 11.4 Å². The third-order valence-electron chi connectivity index (χ3n) is 4.08. The predicted octanol–water partition coefficient (Wildman–Crippen LogP) is 5.22. The summed E-state index contributed by atoms with van der Waals surface area (Å²) in [5, 5.41) is 6.89. The summed E-state index contributed by atoms with van der Waals surface area (Å²) < 4.78 is 0. The maximum absolute atomic E-state index is 12.4. The summed E-state index contributed by atoms with van der Waals surface area (Å²) in [7, 11) is 0. The minimum atomic E-state index is -0.226.